The van der Waals surface area contributed by atoms with E-state index in [2.05, 4.69) is 23.3 Å². The summed E-state index contributed by atoms with van der Waals surface area (Å²) in [6, 6.07) is 0. The van der Waals surface area contributed by atoms with Crippen molar-refractivity contribution in [3.63, 3.8) is 0 Å². The fraction of sp³-hybridized carbons (Fsp3) is 1.00. The Morgan fingerprint density at radius 3 is 3.17 bits per heavy atom. The molecule has 0 radical (unpaired) electrons. The van der Waals surface area contributed by atoms with E-state index in [0.717, 1.165) is 24.8 Å². The molecule has 0 bridgehead atoms. The van der Waals surface area contributed by atoms with Crippen molar-refractivity contribution < 1.29 is 0 Å². The highest BCUT2D eigenvalue weighted by Crippen LogP contribution is 2.09. The summed E-state index contributed by atoms with van der Waals surface area (Å²) in [5, 5.41) is 6.88. The second-order valence-corrected chi connectivity index (χ2v) is 3.94. The van der Waals surface area contributed by atoms with Crippen molar-refractivity contribution in [3.05, 3.63) is 0 Å². The summed E-state index contributed by atoms with van der Waals surface area (Å²) in [7, 11) is 0. The first-order chi connectivity index (χ1) is 5.93. The first-order valence-corrected chi connectivity index (χ1v) is 5.59. The van der Waals surface area contributed by atoms with Crippen LogP contribution in [0, 0.1) is 5.92 Å². The van der Waals surface area contributed by atoms with Crippen LogP contribution in [0.4, 0.5) is 0 Å². The van der Waals surface area contributed by atoms with Gasteiger partial charge in [0.15, 0.2) is 0 Å². The molecular weight excluding hydrogens is 168 g/mol. The lowest BCUT2D eigenvalue weighted by Crippen LogP contribution is -2.30. The normalized spacial score (nSPS) is 25.2. The van der Waals surface area contributed by atoms with Crippen LogP contribution in [0.15, 0.2) is 0 Å². The third-order valence-corrected chi connectivity index (χ3v) is 2.59. The Labute approximate surface area is 80.9 Å². The summed E-state index contributed by atoms with van der Waals surface area (Å²) >= 11 is 4.16. The molecule has 2 N–H and O–H groups in total. The van der Waals surface area contributed by atoms with Crippen LogP contribution in [0.1, 0.15) is 19.3 Å². The smallest absolute Gasteiger partial charge is 0.00398 e. The van der Waals surface area contributed by atoms with Gasteiger partial charge in [-0.25, -0.2) is 0 Å². The Hall–Kier alpha value is 0.270. The molecule has 12 heavy (non-hydrogen) atoms. The van der Waals surface area contributed by atoms with Crippen LogP contribution in [0.5, 0.6) is 0 Å². The molecule has 0 aromatic heterocycles. The maximum atomic E-state index is 4.16. The van der Waals surface area contributed by atoms with Crippen molar-refractivity contribution in [2.24, 2.45) is 5.92 Å². The van der Waals surface area contributed by atoms with Gasteiger partial charge in [-0.3, -0.25) is 0 Å². The standard InChI is InChI=1S/C9H20N2S/c12-6-5-11-8-9-3-1-2-4-10-7-9/h9-12H,1-8H2. The van der Waals surface area contributed by atoms with Crippen molar-refractivity contribution in [1.82, 2.24) is 10.6 Å². The lowest BCUT2D eigenvalue weighted by molar-refractivity contribution is 0.448. The Morgan fingerprint density at radius 1 is 1.42 bits per heavy atom. The van der Waals surface area contributed by atoms with Gasteiger partial charge in [0.05, 0.1) is 0 Å². The summed E-state index contributed by atoms with van der Waals surface area (Å²) in [6.07, 6.45) is 4.12. The molecule has 1 fully saturated rings. The second-order valence-electron chi connectivity index (χ2n) is 3.49. The molecule has 0 amide bonds. The zero-order chi connectivity index (χ0) is 8.65. The van der Waals surface area contributed by atoms with Gasteiger partial charge in [0.25, 0.3) is 0 Å². The van der Waals surface area contributed by atoms with Gasteiger partial charge in [0.1, 0.15) is 0 Å². The van der Waals surface area contributed by atoms with Crippen molar-refractivity contribution in [3.8, 4) is 0 Å². The molecule has 1 unspecified atom stereocenters. The fourth-order valence-corrected chi connectivity index (χ4v) is 1.81. The van der Waals surface area contributed by atoms with Gasteiger partial charge < -0.3 is 10.6 Å². The highest BCUT2D eigenvalue weighted by atomic mass is 32.1. The summed E-state index contributed by atoms with van der Waals surface area (Å²) in [5.41, 5.74) is 0. The summed E-state index contributed by atoms with van der Waals surface area (Å²) < 4.78 is 0. The molecule has 0 aromatic rings. The van der Waals surface area contributed by atoms with Crippen LogP contribution >= 0.6 is 12.6 Å². The molecule has 2 nitrogen and oxygen atoms in total. The molecule has 0 aromatic carbocycles. The highest BCUT2D eigenvalue weighted by Gasteiger charge is 2.10. The minimum absolute atomic E-state index is 0.840. The van der Waals surface area contributed by atoms with Crippen molar-refractivity contribution >= 4 is 12.6 Å². The van der Waals surface area contributed by atoms with Gasteiger partial charge in [-0.05, 0) is 38.4 Å². The molecule has 1 aliphatic heterocycles. The summed E-state index contributed by atoms with van der Waals surface area (Å²) in [6.45, 7) is 4.61. The van der Waals surface area contributed by atoms with E-state index in [4.69, 9.17) is 0 Å². The Bertz CT molecular complexity index is 101. The molecule has 0 aliphatic carbocycles. The third kappa shape index (κ3) is 4.33. The zero-order valence-corrected chi connectivity index (χ0v) is 8.58. The van der Waals surface area contributed by atoms with E-state index >= 15 is 0 Å². The lowest BCUT2D eigenvalue weighted by Gasteiger charge is -2.14. The van der Waals surface area contributed by atoms with E-state index in [9.17, 15) is 0 Å². The molecule has 1 heterocycles. The Kier molecular flexibility index (Phi) is 5.82. The zero-order valence-electron chi connectivity index (χ0n) is 7.68. The van der Waals surface area contributed by atoms with Crippen LogP contribution in [0.3, 0.4) is 0 Å². The van der Waals surface area contributed by atoms with Gasteiger partial charge >= 0.3 is 0 Å². The number of nitrogens with one attached hydrogen (secondary N) is 2. The quantitative estimate of drug-likeness (QED) is 0.451. The third-order valence-electron chi connectivity index (χ3n) is 2.37. The van der Waals surface area contributed by atoms with Gasteiger partial charge in [-0.15, -0.1) is 0 Å². The van der Waals surface area contributed by atoms with Crippen LogP contribution in [-0.2, 0) is 0 Å². The van der Waals surface area contributed by atoms with Crippen molar-refractivity contribution in [1.29, 1.82) is 0 Å². The SMILES string of the molecule is SCCNCC1CCCCNC1. The first-order valence-electron chi connectivity index (χ1n) is 4.96. The number of hydrogen-bond acceptors (Lipinski definition) is 3. The first kappa shape index (κ1) is 10.4. The van der Waals surface area contributed by atoms with E-state index in [0.29, 0.717) is 0 Å². The summed E-state index contributed by atoms with van der Waals surface area (Å²) in [5.74, 6) is 1.78. The fourth-order valence-electron chi connectivity index (χ4n) is 1.65. The topological polar surface area (TPSA) is 24.1 Å². The van der Waals surface area contributed by atoms with E-state index in [1.165, 1.54) is 32.4 Å². The largest absolute Gasteiger partial charge is 0.316 e. The maximum Gasteiger partial charge on any atom is 0.00398 e. The second kappa shape index (κ2) is 6.75. The molecule has 72 valence electrons. The van der Waals surface area contributed by atoms with Crippen LogP contribution in [-0.4, -0.2) is 31.9 Å². The minimum Gasteiger partial charge on any atom is -0.316 e. The number of rotatable bonds is 4. The molecule has 0 spiro atoms. The van der Waals surface area contributed by atoms with Gasteiger partial charge in [0.2, 0.25) is 0 Å². The average molecular weight is 188 g/mol. The van der Waals surface area contributed by atoms with E-state index in [1.54, 1.807) is 0 Å². The molecule has 0 saturated carbocycles. The summed E-state index contributed by atoms with van der Waals surface area (Å²) in [4.78, 5) is 0. The average Bonchev–Trinajstić information content (AvgIpc) is 2.33. The van der Waals surface area contributed by atoms with E-state index < -0.39 is 0 Å². The monoisotopic (exact) mass is 188 g/mol. The molecule has 1 atom stereocenters. The van der Waals surface area contributed by atoms with Crippen LogP contribution < -0.4 is 10.6 Å². The van der Waals surface area contributed by atoms with Crippen molar-refractivity contribution in [2.45, 2.75) is 19.3 Å². The predicted molar refractivity (Wildman–Crippen MR) is 56.9 cm³/mol. The number of hydrogen-bond donors (Lipinski definition) is 3. The molecule has 1 rings (SSSR count). The Morgan fingerprint density at radius 2 is 2.33 bits per heavy atom. The maximum absolute atomic E-state index is 4.16. The minimum atomic E-state index is 0.840. The predicted octanol–water partition coefficient (Wildman–Crippen LogP) is 0.895. The van der Waals surface area contributed by atoms with Gasteiger partial charge in [-0.2, -0.15) is 12.6 Å². The number of thiol groups is 1. The van der Waals surface area contributed by atoms with Crippen molar-refractivity contribution in [2.75, 3.05) is 31.9 Å². The van der Waals surface area contributed by atoms with Crippen LogP contribution in [0.2, 0.25) is 0 Å². The van der Waals surface area contributed by atoms with Gasteiger partial charge in [0, 0.05) is 12.3 Å². The lowest BCUT2D eigenvalue weighted by atomic mass is 10.0. The molecule has 3 heteroatoms. The van der Waals surface area contributed by atoms with E-state index in [-0.39, 0.29) is 0 Å². The van der Waals surface area contributed by atoms with Crippen LogP contribution in [0.25, 0.3) is 0 Å². The Balaban J connectivity index is 2.04. The molecule has 1 aliphatic rings. The van der Waals surface area contributed by atoms with Gasteiger partial charge in [-0.1, -0.05) is 6.42 Å². The molecule has 1 saturated heterocycles. The van der Waals surface area contributed by atoms with E-state index in [1.807, 2.05) is 0 Å². The molecular formula is C9H20N2S. The highest BCUT2D eigenvalue weighted by molar-refractivity contribution is 7.80.